The highest BCUT2D eigenvalue weighted by Crippen LogP contribution is 2.20. The van der Waals surface area contributed by atoms with Crippen LogP contribution in [0.4, 0.5) is 0 Å². The first kappa shape index (κ1) is 13.0. The van der Waals surface area contributed by atoms with Crippen LogP contribution in [0, 0.1) is 0 Å². The summed E-state index contributed by atoms with van der Waals surface area (Å²) in [7, 11) is 0. The first-order valence-electron chi connectivity index (χ1n) is 4.55. The van der Waals surface area contributed by atoms with Gasteiger partial charge in [0, 0.05) is 0 Å². The van der Waals surface area contributed by atoms with E-state index in [4.69, 9.17) is 0 Å². The summed E-state index contributed by atoms with van der Waals surface area (Å²) in [5.41, 5.74) is 1.68. The molecule has 0 bridgehead atoms. The van der Waals surface area contributed by atoms with E-state index in [2.05, 4.69) is 85.5 Å². The molecule has 0 N–H and O–H groups in total. The lowest BCUT2D eigenvalue weighted by molar-refractivity contribution is 0.591. The lowest BCUT2D eigenvalue weighted by Gasteiger charge is -2.20. The first-order chi connectivity index (χ1) is 6.39. The summed E-state index contributed by atoms with van der Waals surface area (Å²) >= 11 is 5.25. The Kier molecular flexibility index (Phi) is 4.98. The highest BCUT2D eigenvalue weighted by Gasteiger charge is 2.13. The second-order valence-corrected chi connectivity index (χ2v) is 10.2. The summed E-state index contributed by atoms with van der Waals surface area (Å²) in [6.07, 6.45) is 0. The van der Waals surface area contributed by atoms with Crippen LogP contribution >= 0.6 is 22.9 Å². The molecule has 0 saturated heterocycles. The van der Waals surface area contributed by atoms with Gasteiger partial charge in [0.05, 0.1) is 0 Å². The number of halogens is 1. The van der Waals surface area contributed by atoms with Gasteiger partial charge in [0.1, 0.15) is 0 Å². The van der Waals surface area contributed by atoms with Crippen molar-refractivity contribution in [3.63, 3.8) is 0 Å². The molecule has 0 saturated carbocycles. The average Bonchev–Trinajstić information content (AvgIpc) is 2.01. The molecule has 0 heterocycles. The van der Waals surface area contributed by atoms with Crippen LogP contribution in [0.15, 0.2) is 24.3 Å². The molecule has 0 aliphatic carbocycles. The van der Waals surface area contributed by atoms with E-state index in [1.807, 2.05) is 0 Å². The number of hydrogen-bond donors (Lipinski definition) is 0. The SMILES string of the molecule is CC(C)(C)c1ccc[c]([Al][N]([Al])I)c1. The maximum absolute atomic E-state index is 2.71. The predicted molar refractivity (Wildman–Crippen MR) is 72.1 cm³/mol. The second-order valence-electron chi connectivity index (χ2n) is 4.35. The maximum atomic E-state index is 2.71. The van der Waals surface area contributed by atoms with Gasteiger partial charge in [-0.1, -0.05) is 45.0 Å². The van der Waals surface area contributed by atoms with Gasteiger partial charge in [0.25, 0.3) is 0 Å². The number of rotatable bonds is 2. The van der Waals surface area contributed by atoms with E-state index in [1.54, 1.807) is 0 Å². The molecule has 14 heavy (non-hydrogen) atoms. The Morgan fingerprint density at radius 2 is 2.00 bits per heavy atom. The van der Waals surface area contributed by atoms with E-state index in [0.717, 1.165) is 0 Å². The normalized spacial score (nSPS) is 11.8. The highest BCUT2D eigenvalue weighted by molar-refractivity contribution is 14.1. The third-order valence-electron chi connectivity index (χ3n) is 2.03. The van der Waals surface area contributed by atoms with E-state index in [9.17, 15) is 0 Å². The molecule has 0 amide bonds. The van der Waals surface area contributed by atoms with Crippen LogP contribution in [-0.2, 0) is 5.41 Å². The Morgan fingerprint density at radius 3 is 2.50 bits per heavy atom. The van der Waals surface area contributed by atoms with E-state index < -0.39 is 0 Å². The number of benzene rings is 1. The van der Waals surface area contributed by atoms with Gasteiger partial charge in [-0.25, -0.2) is 0 Å². The lowest BCUT2D eigenvalue weighted by atomic mass is 9.87. The zero-order valence-corrected chi connectivity index (χ0v) is 13.3. The maximum Gasteiger partial charge on any atom is 0.354 e. The second kappa shape index (κ2) is 5.35. The van der Waals surface area contributed by atoms with Crippen molar-refractivity contribution in [1.82, 2.24) is 1.08 Å². The minimum Gasteiger partial charge on any atom is -0.430 e. The van der Waals surface area contributed by atoms with Crippen LogP contribution < -0.4 is 4.43 Å². The summed E-state index contributed by atoms with van der Waals surface area (Å²) in [5, 5.41) is 0. The van der Waals surface area contributed by atoms with Crippen LogP contribution in [0.25, 0.3) is 0 Å². The van der Waals surface area contributed by atoms with Crippen molar-refractivity contribution >= 4 is 59.2 Å². The van der Waals surface area contributed by atoms with Gasteiger partial charge in [0.2, 0.25) is 16.5 Å². The van der Waals surface area contributed by atoms with Gasteiger partial charge in [-0.3, -0.25) is 0 Å². The quantitative estimate of drug-likeness (QED) is 0.456. The summed E-state index contributed by atoms with van der Waals surface area (Å²) in [6.45, 7) is 6.76. The minimum atomic E-state index is 0.223. The Hall–Kier alpha value is 0.975. The third kappa shape index (κ3) is 4.23. The Labute approximate surface area is 115 Å². The molecule has 3 radical (unpaired) electrons. The van der Waals surface area contributed by atoms with E-state index in [1.165, 1.54) is 9.99 Å². The van der Waals surface area contributed by atoms with E-state index in [0.29, 0.717) is 0 Å². The summed E-state index contributed by atoms with van der Waals surface area (Å²) in [4.78, 5) is 0. The van der Waals surface area contributed by atoms with Gasteiger partial charge < -0.3 is 1.08 Å². The minimum absolute atomic E-state index is 0.223. The number of nitrogens with zero attached hydrogens (tertiary/aromatic N) is 1. The molecule has 0 atom stereocenters. The Morgan fingerprint density at radius 1 is 1.36 bits per heavy atom. The molecule has 1 aromatic rings. The van der Waals surface area contributed by atoms with Crippen LogP contribution in [0.1, 0.15) is 26.3 Å². The van der Waals surface area contributed by atoms with Crippen molar-refractivity contribution in [2.75, 3.05) is 0 Å². The van der Waals surface area contributed by atoms with E-state index >= 15 is 0 Å². The van der Waals surface area contributed by atoms with Gasteiger partial charge in [-0.2, -0.15) is 0 Å². The molecule has 1 rings (SSSR count). The molecule has 0 fully saturated rings. The van der Waals surface area contributed by atoms with Crippen LogP contribution in [0.3, 0.4) is 0 Å². The van der Waals surface area contributed by atoms with Gasteiger partial charge in [-0.15, -0.1) is 4.43 Å². The van der Waals surface area contributed by atoms with Gasteiger partial charge in [-0.05, 0) is 33.8 Å². The van der Waals surface area contributed by atoms with Crippen molar-refractivity contribution in [2.24, 2.45) is 0 Å². The molecule has 0 aliphatic heterocycles. The largest absolute Gasteiger partial charge is 0.430 e. The Bertz CT molecular complexity index is 307. The summed E-state index contributed by atoms with van der Waals surface area (Å²) in [6, 6.07) is 8.91. The fourth-order valence-corrected chi connectivity index (χ4v) is 3.45. The van der Waals surface area contributed by atoms with Crippen molar-refractivity contribution in [2.45, 2.75) is 26.2 Å². The third-order valence-corrected chi connectivity index (χ3v) is 4.21. The zero-order chi connectivity index (χ0) is 10.8. The van der Waals surface area contributed by atoms with Gasteiger partial charge >= 0.3 is 15.4 Å². The van der Waals surface area contributed by atoms with Crippen molar-refractivity contribution in [3.05, 3.63) is 29.8 Å². The Balaban J connectivity index is 2.90. The molecule has 0 unspecified atom stereocenters. The average molecular weight is 328 g/mol. The molecule has 0 aromatic heterocycles. The fourth-order valence-electron chi connectivity index (χ4n) is 1.23. The number of hydrogen-bond acceptors (Lipinski definition) is 1. The fraction of sp³-hybridized carbons (Fsp3) is 0.400. The molecule has 1 nitrogen and oxygen atoms in total. The van der Waals surface area contributed by atoms with Crippen molar-refractivity contribution in [1.29, 1.82) is 0 Å². The lowest BCUT2D eigenvalue weighted by Crippen LogP contribution is -2.27. The predicted octanol–water partition coefficient (Wildman–Crippen LogP) is 1.96. The van der Waals surface area contributed by atoms with Crippen LogP contribution in [0.2, 0.25) is 0 Å². The molecule has 71 valence electrons. The highest BCUT2D eigenvalue weighted by atomic mass is 127. The molecule has 1 aromatic carbocycles. The molecule has 4 heteroatoms. The molecule has 0 spiro atoms. The summed E-state index contributed by atoms with van der Waals surface area (Å²) in [5.74, 6) is 0. The van der Waals surface area contributed by atoms with Crippen LogP contribution in [0.5, 0.6) is 0 Å². The first-order valence-corrected chi connectivity index (χ1v) is 7.12. The summed E-state index contributed by atoms with van der Waals surface area (Å²) < 4.78 is 3.61. The van der Waals surface area contributed by atoms with Crippen LogP contribution in [-0.4, -0.2) is 33.0 Å². The molecule has 0 aliphatic rings. The van der Waals surface area contributed by atoms with E-state index in [-0.39, 0.29) is 20.9 Å². The van der Waals surface area contributed by atoms with Crippen molar-refractivity contribution < 1.29 is 0 Å². The standard InChI is InChI=1S/C10H13.2Al.IN/c1-10(2,3)9-7-5-4-6-8-9;;;1-2/h4-5,7-8H,1-3H3;;;. The molecular formula is C10H13Al2IN. The van der Waals surface area contributed by atoms with Gasteiger partial charge in [0.15, 0.2) is 0 Å². The smallest absolute Gasteiger partial charge is 0.354 e. The molecular weight excluding hydrogens is 315 g/mol. The zero-order valence-electron chi connectivity index (χ0n) is 8.79. The van der Waals surface area contributed by atoms with Crippen molar-refractivity contribution in [3.8, 4) is 0 Å². The topological polar surface area (TPSA) is 3.24 Å². The monoisotopic (exact) mass is 328 g/mol.